The second-order valence-corrected chi connectivity index (χ2v) is 4.61. The smallest absolute Gasteiger partial charge is 0.289 e. The molecule has 0 saturated carbocycles. The van der Waals surface area contributed by atoms with Crippen LogP contribution in [0.2, 0.25) is 0 Å². The fourth-order valence-corrected chi connectivity index (χ4v) is 2.23. The fraction of sp³-hybridized carbons (Fsp3) is 0.583. The van der Waals surface area contributed by atoms with E-state index in [0.717, 1.165) is 18.7 Å². The van der Waals surface area contributed by atoms with E-state index in [4.69, 9.17) is 4.42 Å². The summed E-state index contributed by atoms with van der Waals surface area (Å²) in [6.45, 7) is 7.55. The molecule has 4 nitrogen and oxygen atoms in total. The maximum Gasteiger partial charge on any atom is 0.289 e. The highest BCUT2D eigenvalue weighted by Gasteiger charge is 2.27. The third-order valence-electron chi connectivity index (χ3n) is 2.90. The van der Waals surface area contributed by atoms with Crippen LogP contribution in [0.1, 0.15) is 30.0 Å². The Morgan fingerprint density at radius 3 is 2.47 bits per heavy atom. The summed E-state index contributed by atoms with van der Waals surface area (Å²) in [6.07, 6.45) is 1.57. The predicted molar refractivity (Wildman–Crippen MR) is 68.7 cm³/mol. The van der Waals surface area contributed by atoms with Crippen LogP contribution in [-0.4, -0.2) is 36.0 Å². The van der Waals surface area contributed by atoms with Crippen LogP contribution in [0.3, 0.4) is 0 Å². The van der Waals surface area contributed by atoms with E-state index in [0.29, 0.717) is 17.8 Å². The highest BCUT2D eigenvalue weighted by molar-refractivity contribution is 5.93. The lowest BCUT2D eigenvalue weighted by Gasteiger charge is -2.35. The highest BCUT2D eigenvalue weighted by atomic mass is 35.5. The first-order valence-electron chi connectivity index (χ1n) is 5.67. The second-order valence-electron chi connectivity index (χ2n) is 4.61. The maximum absolute atomic E-state index is 12.2. The molecule has 0 aliphatic carbocycles. The predicted octanol–water partition coefficient (Wildman–Crippen LogP) is 1.83. The van der Waals surface area contributed by atoms with Crippen molar-refractivity contribution in [3.63, 3.8) is 0 Å². The highest BCUT2D eigenvalue weighted by Crippen LogP contribution is 2.14. The number of furan rings is 1. The Kier molecular flexibility index (Phi) is 4.60. The summed E-state index contributed by atoms with van der Waals surface area (Å²) in [6, 6.07) is 2.49. The van der Waals surface area contributed by atoms with Gasteiger partial charge in [0.2, 0.25) is 0 Å². The van der Waals surface area contributed by atoms with E-state index in [1.807, 2.05) is 17.9 Å². The molecular weight excluding hydrogens is 240 g/mol. The number of aryl methyl sites for hydroxylation is 1. The Morgan fingerprint density at radius 2 is 2.00 bits per heavy atom. The minimum Gasteiger partial charge on any atom is -0.459 e. The van der Waals surface area contributed by atoms with Gasteiger partial charge in [0, 0.05) is 30.7 Å². The number of rotatable bonds is 1. The minimum atomic E-state index is 0. The monoisotopic (exact) mass is 258 g/mol. The van der Waals surface area contributed by atoms with Gasteiger partial charge in [-0.25, -0.2) is 0 Å². The first kappa shape index (κ1) is 14.1. The average Bonchev–Trinajstić information content (AvgIpc) is 2.62. The Bertz CT molecular complexity index is 382. The van der Waals surface area contributed by atoms with Crippen molar-refractivity contribution in [3.05, 3.63) is 23.7 Å². The van der Waals surface area contributed by atoms with Crippen molar-refractivity contribution in [3.8, 4) is 0 Å². The standard InChI is InChI=1S/C12H18N2O2.ClH/c1-8-4-5-16-11(8)12(15)14-6-9(2)13-10(3)7-14;/h4-5,9-10,13H,6-7H2,1-3H3;1H. The number of nitrogens with zero attached hydrogens (tertiary/aromatic N) is 1. The molecule has 0 spiro atoms. The number of carbonyl (C=O) groups excluding carboxylic acids is 1. The van der Waals surface area contributed by atoms with Gasteiger partial charge in [-0.3, -0.25) is 4.79 Å². The molecule has 2 rings (SSSR count). The van der Waals surface area contributed by atoms with E-state index in [1.165, 1.54) is 0 Å². The molecule has 96 valence electrons. The summed E-state index contributed by atoms with van der Waals surface area (Å²) in [5.74, 6) is 0.476. The van der Waals surface area contributed by atoms with Crippen molar-refractivity contribution >= 4 is 18.3 Å². The molecule has 1 aliphatic rings. The number of hydrogen-bond donors (Lipinski definition) is 1. The van der Waals surface area contributed by atoms with Gasteiger partial charge in [0.25, 0.3) is 5.91 Å². The zero-order valence-corrected chi connectivity index (χ0v) is 11.2. The van der Waals surface area contributed by atoms with E-state index in [9.17, 15) is 4.79 Å². The lowest BCUT2D eigenvalue weighted by Crippen LogP contribution is -2.55. The zero-order valence-electron chi connectivity index (χ0n) is 10.4. The van der Waals surface area contributed by atoms with E-state index in [1.54, 1.807) is 6.26 Å². The average molecular weight is 259 g/mol. The van der Waals surface area contributed by atoms with Gasteiger partial charge in [-0.05, 0) is 26.8 Å². The number of carbonyl (C=O) groups is 1. The molecule has 0 aromatic carbocycles. The molecule has 1 amide bonds. The summed E-state index contributed by atoms with van der Waals surface area (Å²) in [7, 11) is 0. The van der Waals surface area contributed by atoms with Crippen LogP contribution in [-0.2, 0) is 0 Å². The van der Waals surface area contributed by atoms with Crippen LogP contribution >= 0.6 is 12.4 Å². The van der Waals surface area contributed by atoms with Gasteiger partial charge in [-0.1, -0.05) is 0 Å². The summed E-state index contributed by atoms with van der Waals surface area (Å²) < 4.78 is 5.24. The van der Waals surface area contributed by atoms with Crippen LogP contribution in [0.4, 0.5) is 0 Å². The molecule has 1 fully saturated rings. The number of nitrogens with one attached hydrogen (secondary N) is 1. The Hall–Kier alpha value is -1.00. The zero-order chi connectivity index (χ0) is 11.7. The van der Waals surface area contributed by atoms with Crippen LogP contribution < -0.4 is 5.32 Å². The molecule has 0 bridgehead atoms. The Labute approximate surface area is 108 Å². The van der Waals surface area contributed by atoms with Gasteiger partial charge in [0.05, 0.1) is 6.26 Å². The van der Waals surface area contributed by atoms with Crippen LogP contribution in [0.25, 0.3) is 0 Å². The molecule has 5 heteroatoms. The maximum atomic E-state index is 12.2. The van der Waals surface area contributed by atoms with Crippen LogP contribution in [0.5, 0.6) is 0 Å². The molecule has 1 aromatic rings. The summed E-state index contributed by atoms with van der Waals surface area (Å²) in [5.41, 5.74) is 0.906. The van der Waals surface area contributed by atoms with Gasteiger partial charge in [0.1, 0.15) is 0 Å². The van der Waals surface area contributed by atoms with Gasteiger partial charge in [-0.15, -0.1) is 12.4 Å². The Morgan fingerprint density at radius 1 is 1.41 bits per heavy atom. The van der Waals surface area contributed by atoms with Crippen molar-refractivity contribution in [2.24, 2.45) is 0 Å². The normalized spacial score (nSPS) is 24.3. The molecule has 1 saturated heterocycles. The van der Waals surface area contributed by atoms with Crippen molar-refractivity contribution in [2.45, 2.75) is 32.9 Å². The van der Waals surface area contributed by atoms with Crippen LogP contribution in [0, 0.1) is 6.92 Å². The summed E-state index contributed by atoms with van der Waals surface area (Å²) in [4.78, 5) is 14.0. The van der Waals surface area contributed by atoms with E-state index in [2.05, 4.69) is 19.2 Å². The lowest BCUT2D eigenvalue weighted by atomic mass is 10.1. The van der Waals surface area contributed by atoms with Gasteiger partial charge in [0.15, 0.2) is 5.76 Å². The number of amides is 1. The molecule has 1 N–H and O–H groups in total. The van der Waals surface area contributed by atoms with Crippen LogP contribution in [0.15, 0.2) is 16.7 Å². The van der Waals surface area contributed by atoms with Gasteiger partial charge >= 0.3 is 0 Å². The summed E-state index contributed by atoms with van der Waals surface area (Å²) in [5, 5.41) is 3.40. The minimum absolute atomic E-state index is 0. The second kappa shape index (κ2) is 5.56. The van der Waals surface area contributed by atoms with Crippen molar-refractivity contribution < 1.29 is 9.21 Å². The molecule has 17 heavy (non-hydrogen) atoms. The SMILES string of the molecule is Cc1ccoc1C(=O)N1CC(C)NC(C)C1.Cl. The third-order valence-corrected chi connectivity index (χ3v) is 2.90. The largest absolute Gasteiger partial charge is 0.459 e. The first-order chi connectivity index (χ1) is 7.58. The topological polar surface area (TPSA) is 45.5 Å². The first-order valence-corrected chi connectivity index (χ1v) is 5.67. The lowest BCUT2D eigenvalue weighted by molar-refractivity contribution is 0.0641. The summed E-state index contributed by atoms with van der Waals surface area (Å²) >= 11 is 0. The van der Waals surface area contributed by atoms with E-state index in [-0.39, 0.29) is 18.3 Å². The van der Waals surface area contributed by atoms with Crippen molar-refractivity contribution in [1.82, 2.24) is 10.2 Å². The van der Waals surface area contributed by atoms with Gasteiger partial charge in [-0.2, -0.15) is 0 Å². The molecule has 2 unspecified atom stereocenters. The van der Waals surface area contributed by atoms with Crippen molar-refractivity contribution in [2.75, 3.05) is 13.1 Å². The molecule has 2 heterocycles. The number of hydrogen-bond acceptors (Lipinski definition) is 3. The van der Waals surface area contributed by atoms with Crippen molar-refractivity contribution in [1.29, 1.82) is 0 Å². The molecule has 2 atom stereocenters. The van der Waals surface area contributed by atoms with E-state index < -0.39 is 0 Å². The molecular formula is C12H19ClN2O2. The Balaban J connectivity index is 0.00000144. The molecule has 0 radical (unpaired) electrons. The fourth-order valence-electron chi connectivity index (χ4n) is 2.23. The quantitative estimate of drug-likeness (QED) is 0.836. The number of piperazine rings is 1. The third kappa shape index (κ3) is 3.01. The number of halogens is 1. The van der Waals surface area contributed by atoms with E-state index >= 15 is 0 Å². The van der Waals surface area contributed by atoms with Gasteiger partial charge < -0.3 is 14.6 Å². The molecule has 1 aromatic heterocycles. The molecule has 1 aliphatic heterocycles.